The van der Waals surface area contributed by atoms with Gasteiger partial charge in [0.15, 0.2) is 0 Å². The van der Waals surface area contributed by atoms with E-state index >= 15 is 0 Å². The highest BCUT2D eigenvalue weighted by Crippen LogP contribution is 2.24. The van der Waals surface area contributed by atoms with Gasteiger partial charge < -0.3 is 4.29 Å². The molecule has 1 aromatic rings. The van der Waals surface area contributed by atoms with E-state index in [9.17, 15) is 0 Å². The molecule has 0 aliphatic rings. The van der Waals surface area contributed by atoms with Crippen molar-refractivity contribution in [2.24, 2.45) is 0 Å². The van der Waals surface area contributed by atoms with Gasteiger partial charge in [0, 0.05) is 0 Å². The van der Waals surface area contributed by atoms with Crippen LogP contribution >= 0.6 is 11.9 Å². The molecule has 66 valence electrons. The summed E-state index contributed by atoms with van der Waals surface area (Å²) in [5, 5.41) is 0. The highest BCUT2D eigenvalue weighted by atomic mass is 35.5. The Morgan fingerprint density at radius 3 is 1.92 bits per heavy atom. The van der Waals surface area contributed by atoms with Crippen LogP contribution in [0, 0.1) is 0 Å². The van der Waals surface area contributed by atoms with Gasteiger partial charge in [0.25, 0.3) is 0 Å². The summed E-state index contributed by atoms with van der Waals surface area (Å²) in [6.07, 6.45) is 0. The molecule has 2 heteroatoms. The van der Waals surface area contributed by atoms with E-state index < -0.39 is 0 Å². The molecule has 0 aliphatic heterocycles. The normalized spacial score (nSPS) is 11.3. The molecule has 0 unspecified atom stereocenters. The zero-order valence-electron chi connectivity index (χ0n) is 7.60. The summed E-state index contributed by atoms with van der Waals surface area (Å²) in [5.74, 6) is 0.685. The molecule has 0 aliphatic carbocycles. The van der Waals surface area contributed by atoms with E-state index in [-0.39, 0.29) is 5.41 Å². The molecule has 12 heavy (non-hydrogen) atoms. The molecule has 0 saturated heterocycles. The molecule has 1 rings (SSSR count). The number of hydrogen-bond acceptors (Lipinski definition) is 1. The van der Waals surface area contributed by atoms with E-state index in [4.69, 9.17) is 11.9 Å². The quantitative estimate of drug-likeness (QED) is 0.649. The Morgan fingerprint density at radius 2 is 1.58 bits per heavy atom. The summed E-state index contributed by atoms with van der Waals surface area (Å²) in [6.45, 7) is 6.51. The maximum Gasteiger partial charge on any atom is 0.146 e. The Morgan fingerprint density at radius 1 is 1.08 bits per heavy atom. The van der Waals surface area contributed by atoms with Crippen molar-refractivity contribution in [3.8, 4) is 5.75 Å². The number of hydrogen-bond donors (Lipinski definition) is 0. The minimum absolute atomic E-state index is 0.185. The fourth-order valence-corrected chi connectivity index (χ4v) is 1.11. The van der Waals surface area contributed by atoms with Crippen LogP contribution in [0.2, 0.25) is 0 Å². The van der Waals surface area contributed by atoms with Crippen molar-refractivity contribution >= 4 is 11.9 Å². The molecule has 0 amide bonds. The first-order valence-electron chi connectivity index (χ1n) is 3.93. The largest absolute Gasteiger partial charge is 0.386 e. The van der Waals surface area contributed by atoms with Crippen molar-refractivity contribution in [1.29, 1.82) is 0 Å². The summed E-state index contributed by atoms with van der Waals surface area (Å²) in [7, 11) is 0. The molecule has 0 spiro atoms. The summed E-state index contributed by atoms with van der Waals surface area (Å²) >= 11 is 5.19. The number of rotatable bonds is 1. The van der Waals surface area contributed by atoms with Gasteiger partial charge in [0.1, 0.15) is 17.6 Å². The average Bonchev–Trinajstić information content (AvgIpc) is 2.03. The zero-order chi connectivity index (χ0) is 9.19. The summed E-state index contributed by atoms with van der Waals surface area (Å²) in [5.41, 5.74) is 1.46. The van der Waals surface area contributed by atoms with E-state index in [0.717, 1.165) is 0 Å². The average molecular weight is 185 g/mol. The molecule has 0 N–H and O–H groups in total. The van der Waals surface area contributed by atoms with Gasteiger partial charge in [-0.15, -0.1) is 0 Å². The Labute approximate surface area is 78.5 Å². The van der Waals surface area contributed by atoms with Crippen LogP contribution in [-0.4, -0.2) is 0 Å². The van der Waals surface area contributed by atoms with Gasteiger partial charge in [-0.25, -0.2) is 0 Å². The molecule has 0 radical (unpaired) electrons. The van der Waals surface area contributed by atoms with Gasteiger partial charge >= 0.3 is 0 Å². The van der Waals surface area contributed by atoms with Gasteiger partial charge in [0.2, 0.25) is 0 Å². The van der Waals surface area contributed by atoms with Crippen LogP contribution in [-0.2, 0) is 5.41 Å². The molecule has 0 atom stereocenters. The molecule has 1 aromatic carbocycles. The second-order valence-corrected chi connectivity index (χ2v) is 4.01. The van der Waals surface area contributed by atoms with Crippen LogP contribution in [0.5, 0.6) is 5.75 Å². The van der Waals surface area contributed by atoms with E-state index in [2.05, 4.69) is 25.1 Å². The van der Waals surface area contributed by atoms with Crippen LogP contribution in [0.15, 0.2) is 24.3 Å². The van der Waals surface area contributed by atoms with Crippen LogP contribution in [0.25, 0.3) is 0 Å². The predicted octanol–water partition coefficient (Wildman–Crippen LogP) is 3.52. The minimum atomic E-state index is 0.185. The topological polar surface area (TPSA) is 9.23 Å². The van der Waals surface area contributed by atoms with E-state index in [0.29, 0.717) is 5.75 Å². The molecule has 0 bridgehead atoms. The second-order valence-electron chi connectivity index (χ2n) is 3.85. The van der Waals surface area contributed by atoms with Crippen molar-refractivity contribution in [3.63, 3.8) is 0 Å². The van der Waals surface area contributed by atoms with E-state index in [1.165, 1.54) is 5.56 Å². The maximum atomic E-state index is 5.19. The van der Waals surface area contributed by atoms with Crippen molar-refractivity contribution in [3.05, 3.63) is 29.8 Å². The molecular formula is C10H13ClO. The highest BCUT2D eigenvalue weighted by molar-refractivity contribution is 6.09. The minimum Gasteiger partial charge on any atom is -0.386 e. The third-order valence-electron chi connectivity index (χ3n) is 1.81. The smallest absolute Gasteiger partial charge is 0.146 e. The molecule has 1 nitrogen and oxygen atoms in total. The van der Waals surface area contributed by atoms with Gasteiger partial charge in [-0.2, -0.15) is 0 Å². The fraction of sp³-hybridized carbons (Fsp3) is 0.400. The predicted molar refractivity (Wildman–Crippen MR) is 51.6 cm³/mol. The summed E-state index contributed by atoms with van der Waals surface area (Å²) in [6, 6.07) is 7.79. The first kappa shape index (κ1) is 9.40. The van der Waals surface area contributed by atoms with Crippen molar-refractivity contribution in [1.82, 2.24) is 0 Å². The third kappa shape index (κ3) is 2.15. The molecule has 0 fully saturated rings. The Hall–Kier alpha value is -0.690. The SMILES string of the molecule is CC(C)(C)c1ccc(OCl)cc1. The first-order chi connectivity index (χ1) is 5.54. The van der Waals surface area contributed by atoms with Crippen LogP contribution in [0.4, 0.5) is 0 Å². The molecule has 0 aromatic heterocycles. The lowest BCUT2D eigenvalue weighted by Gasteiger charge is -2.18. The molecule has 0 heterocycles. The van der Waals surface area contributed by atoms with Gasteiger partial charge in [-0.1, -0.05) is 32.9 Å². The Bertz CT molecular complexity index is 246. The lowest BCUT2D eigenvalue weighted by Crippen LogP contribution is -2.10. The lowest BCUT2D eigenvalue weighted by atomic mass is 9.87. The maximum absolute atomic E-state index is 5.19. The van der Waals surface area contributed by atoms with Gasteiger partial charge in [-0.3, -0.25) is 0 Å². The molecular weight excluding hydrogens is 172 g/mol. The van der Waals surface area contributed by atoms with E-state index in [1.54, 1.807) is 0 Å². The first-order valence-corrected chi connectivity index (χ1v) is 4.24. The third-order valence-corrected chi connectivity index (χ3v) is 1.99. The van der Waals surface area contributed by atoms with Crippen LogP contribution in [0.1, 0.15) is 26.3 Å². The summed E-state index contributed by atoms with van der Waals surface area (Å²) < 4.78 is 4.55. The highest BCUT2D eigenvalue weighted by Gasteiger charge is 2.12. The van der Waals surface area contributed by atoms with Gasteiger partial charge in [0.05, 0.1) is 0 Å². The van der Waals surface area contributed by atoms with Crippen LogP contribution in [0.3, 0.4) is 0 Å². The van der Waals surface area contributed by atoms with Gasteiger partial charge in [-0.05, 0) is 23.1 Å². The fourth-order valence-electron chi connectivity index (χ4n) is 1.01. The van der Waals surface area contributed by atoms with E-state index in [1.807, 2.05) is 24.3 Å². The standard InChI is InChI=1S/C10H13ClO/c1-10(2,3)8-4-6-9(12-11)7-5-8/h4-7H,1-3H3. The van der Waals surface area contributed by atoms with Crippen molar-refractivity contribution in [2.75, 3.05) is 0 Å². The Balaban J connectivity index is 2.93. The number of benzene rings is 1. The van der Waals surface area contributed by atoms with Crippen molar-refractivity contribution in [2.45, 2.75) is 26.2 Å². The van der Waals surface area contributed by atoms with Crippen molar-refractivity contribution < 1.29 is 4.29 Å². The van der Waals surface area contributed by atoms with Crippen LogP contribution < -0.4 is 4.29 Å². The summed E-state index contributed by atoms with van der Waals surface area (Å²) in [4.78, 5) is 0. The molecule has 0 saturated carbocycles. The Kier molecular flexibility index (Phi) is 2.63. The number of halogens is 1. The zero-order valence-corrected chi connectivity index (χ0v) is 8.35. The second kappa shape index (κ2) is 3.36. The monoisotopic (exact) mass is 184 g/mol. The lowest BCUT2D eigenvalue weighted by molar-refractivity contribution is 0.584.